The van der Waals surface area contributed by atoms with Crippen molar-refractivity contribution >= 4 is 0 Å². The molecule has 1 heteroatoms. The van der Waals surface area contributed by atoms with E-state index in [-0.39, 0.29) is 11.2 Å². The fraction of sp³-hybridized carbons (Fsp3) is 0.625. The van der Waals surface area contributed by atoms with Crippen molar-refractivity contribution in [1.29, 1.82) is 0 Å². The fourth-order valence-corrected chi connectivity index (χ4v) is 3.08. The lowest BCUT2D eigenvalue weighted by Crippen LogP contribution is -2.30. The largest absolute Gasteiger partial charge is 0.207 e. The van der Waals surface area contributed by atoms with Gasteiger partial charge in [-0.15, -0.1) is 0 Å². The zero-order chi connectivity index (χ0) is 12.5. The van der Waals surface area contributed by atoms with Gasteiger partial charge in [0.25, 0.3) is 0 Å². The van der Waals surface area contributed by atoms with Gasteiger partial charge in [0.15, 0.2) is 0 Å². The molecule has 2 rings (SSSR count). The van der Waals surface area contributed by atoms with Crippen LogP contribution in [0.4, 0.5) is 4.39 Å². The van der Waals surface area contributed by atoms with Crippen molar-refractivity contribution in [1.82, 2.24) is 0 Å². The molecule has 0 nitrogen and oxygen atoms in total. The maximum absolute atomic E-state index is 12.9. The summed E-state index contributed by atoms with van der Waals surface area (Å²) >= 11 is 0. The van der Waals surface area contributed by atoms with E-state index in [1.54, 1.807) is 12.1 Å². The highest BCUT2D eigenvalue weighted by molar-refractivity contribution is 5.25. The van der Waals surface area contributed by atoms with E-state index in [0.29, 0.717) is 0 Å². The maximum atomic E-state index is 12.9. The van der Waals surface area contributed by atoms with Gasteiger partial charge < -0.3 is 0 Å². The van der Waals surface area contributed by atoms with Crippen LogP contribution in [0.25, 0.3) is 0 Å². The van der Waals surface area contributed by atoms with E-state index in [0.717, 1.165) is 11.8 Å². The van der Waals surface area contributed by atoms with Crippen molar-refractivity contribution in [2.45, 2.75) is 51.9 Å². The summed E-state index contributed by atoms with van der Waals surface area (Å²) in [5.74, 6) is 1.55. The molecule has 17 heavy (non-hydrogen) atoms. The third-order valence-electron chi connectivity index (χ3n) is 4.62. The van der Waals surface area contributed by atoms with Crippen LogP contribution in [-0.4, -0.2) is 0 Å². The molecular weight excluding hydrogens is 211 g/mol. The van der Waals surface area contributed by atoms with Crippen LogP contribution < -0.4 is 0 Å². The fourth-order valence-electron chi connectivity index (χ4n) is 3.08. The Balaban J connectivity index is 2.09. The monoisotopic (exact) mass is 234 g/mol. The van der Waals surface area contributed by atoms with Gasteiger partial charge in [-0.1, -0.05) is 32.9 Å². The molecule has 1 aliphatic rings. The molecule has 0 radical (unpaired) electrons. The predicted octanol–water partition coefficient (Wildman–Crippen LogP) is 4.93. The van der Waals surface area contributed by atoms with E-state index in [1.807, 2.05) is 12.1 Å². The zero-order valence-electron chi connectivity index (χ0n) is 11.2. The summed E-state index contributed by atoms with van der Waals surface area (Å²) in [6.07, 6.45) is 5.10. The summed E-state index contributed by atoms with van der Waals surface area (Å²) in [6.45, 7) is 6.98. The topological polar surface area (TPSA) is 0 Å². The number of hydrogen-bond acceptors (Lipinski definition) is 0. The normalized spacial score (nSPS) is 29.6. The predicted molar refractivity (Wildman–Crippen MR) is 70.5 cm³/mol. The average Bonchev–Trinajstić information content (AvgIpc) is 2.30. The van der Waals surface area contributed by atoms with E-state index in [1.165, 1.54) is 31.2 Å². The summed E-state index contributed by atoms with van der Waals surface area (Å²) < 4.78 is 12.9. The molecule has 0 amide bonds. The Morgan fingerprint density at radius 2 is 1.65 bits per heavy atom. The SMILES string of the molecule is CC(C)C1CCC(C)(c2ccc(F)cc2)CC1. The average molecular weight is 234 g/mol. The molecule has 0 spiro atoms. The van der Waals surface area contributed by atoms with Gasteiger partial charge >= 0.3 is 0 Å². The Labute approximate surface area is 104 Å². The van der Waals surface area contributed by atoms with E-state index in [4.69, 9.17) is 0 Å². The van der Waals surface area contributed by atoms with Crippen molar-refractivity contribution in [2.75, 3.05) is 0 Å². The summed E-state index contributed by atoms with van der Waals surface area (Å²) in [4.78, 5) is 0. The van der Waals surface area contributed by atoms with Gasteiger partial charge in [-0.3, -0.25) is 0 Å². The Hall–Kier alpha value is -0.850. The molecule has 0 aliphatic heterocycles. The zero-order valence-corrected chi connectivity index (χ0v) is 11.2. The van der Waals surface area contributed by atoms with Crippen molar-refractivity contribution in [3.05, 3.63) is 35.6 Å². The minimum Gasteiger partial charge on any atom is -0.207 e. The molecule has 1 aliphatic carbocycles. The second kappa shape index (κ2) is 4.80. The molecule has 0 N–H and O–H groups in total. The molecule has 1 aromatic rings. The van der Waals surface area contributed by atoms with Crippen LogP contribution >= 0.6 is 0 Å². The minimum absolute atomic E-state index is 0.131. The number of hydrogen-bond donors (Lipinski definition) is 0. The van der Waals surface area contributed by atoms with Crippen molar-refractivity contribution < 1.29 is 4.39 Å². The molecular formula is C16H23F. The van der Waals surface area contributed by atoms with Gasteiger partial charge in [-0.05, 0) is 60.6 Å². The first-order valence-corrected chi connectivity index (χ1v) is 6.77. The van der Waals surface area contributed by atoms with Gasteiger partial charge in [0.05, 0.1) is 0 Å². The highest BCUT2D eigenvalue weighted by Crippen LogP contribution is 2.43. The Morgan fingerprint density at radius 1 is 1.12 bits per heavy atom. The molecule has 0 saturated heterocycles. The van der Waals surface area contributed by atoms with Crippen LogP contribution in [0.3, 0.4) is 0 Å². The van der Waals surface area contributed by atoms with Gasteiger partial charge in [-0.2, -0.15) is 0 Å². The van der Waals surface area contributed by atoms with E-state index >= 15 is 0 Å². The molecule has 0 unspecified atom stereocenters. The van der Waals surface area contributed by atoms with Crippen LogP contribution in [0, 0.1) is 17.7 Å². The van der Waals surface area contributed by atoms with Crippen molar-refractivity contribution in [2.24, 2.45) is 11.8 Å². The molecule has 1 saturated carbocycles. The molecule has 94 valence electrons. The number of rotatable bonds is 2. The summed E-state index contributed by atoms with van der Waals surface area (Å²) in [5, 5.41) is 0. The third-order valence-corrected chi connectivity index (χ3v) is 4.62. The highest BCUT2D eigenvalue weighted by Gasteiger charge is 2.33. The Bertz CT molecular complexity index is 356. The summed E-state index contributed by atoms with van der Waals surface area (Å²) in [5.41, 5.74) is 1.57. The minimum atomic E-state index is -0.131. The van der Waals surface area contributed by atoms with Crippen molar-refractivity contribution in [3.8, 4) is 0 Å². The molecule has 0 atom stereocenters. The van der Waals surface area contributed by atoms with Crippen LogP contribution in [0.2, 0.25) is 0 Å². The molecule has 1 aromatic carbocycles. The van der Waals surface area contributed by atoms with Gasteiger partial charge in [-0.25, -0.2) is 4.39 Å². The van der Waals surface area contributed by atoms with Crippen LogP contribution in [0.5, 0.6) is 0 Å². The first-order valence-electron chi connectivity index (χ1n) is 6.77. The van der Waals surface area contributed by atoms with Gasteiger partial charge in [0, 0.05) is 0 Å². The van der Waals surface area contributed by atoms with E-state index in [9.17, 15) is 4.39 Å². The lowest BCUT2D eigenvalue weighted by Gasteiger charge is -2.39. The van der Waals surface area contributed by atoms with Crippen LogP contribution in [-0.2, 0) is 5.41 Å². The number of benzene rings is 1. The molecule has 0 bridgehead atoms. The second-order valence-corrected chi connectivity index (χ2v) is 6.15. The smallest absolute Gasteiger partial charge is 0.123 e. The highest BCUT2D eigenvalue weighted by atomic mass is 19.1. The van der Waals surface area contributed by atoms with E-state index < -0.39 is 0 Å². The maximum Gasteiger partial charge on any atom is 0.123 e. The van der Waals surface area contributed by atoms with Crippen LogP contribution in [0.1, 0.15) is 52.0 Å². The van der Waals surface area contributed by atoms with E-state index in [2.05, 4.69) is 20.8 Å². The van der Waals surface area contributed by atoms with Crippen molar-refractivity contribution in [3.63, 3.8) is 0 Å². The quantitative estimate of drug-likeness (QED) is 0.680. The molecule has 1 fully saturated rings. The summed E-state index contributed by atoms with van der Waals surface area (Å²) in [7, 11) is 0. The Morgan fingerprint density at radius 3 is 2.12 bits per heavy atom. The van der Waals surface area contributed by atoms with Gasteiger partial charge in [0.1, 0.15) is 5.82 Å². The van der Waals surface area contributed by atoms with Gasteiger partial charge in [0.2, 0.25) is 0 Å². The lowest BCUT2D eigenvalue weighted by atomic mass is 9.66. The lowest BCUT2D eigenvalue weighted by molar-refractivity contribution is 0.204. The third kappa shape index (κ3) is 2.70. The Kier molecular flexibility index (Phi) is 3.56. The number of halogens is 1. The second-order valence-electron chi connectivity index (χ2n) is 6.15. The first-order chi connectivity index (χ1) is 8.01. The first kappa shape index (κ1) is 12.6. The standard InChI is InChI=1S/C16H23F/c1-12(2)13-8-10-16(3,11-9-13)14-4-6-15(17)7-5-14/h4-7,12-13H,8-11H2,1-3H3. The molecule has 0 aromatic heterocycles. The summed E-state index contributed by atoms with van der Waals surface area (Å²) in [6, 6.07) is 7.11. The molecule has 0 heterocycles. The van der Waals surface area contributed by atoms with Crippen LogP contribution in [0.15, 0.2) is 24.3 Å².